The molecule has 1 heterocycles. The van der Waals surface area contributed by atoms with Gasteiger partial charge in [-0.1, -0.05) is 41.9 Å². The second-order valence-electron chi connectivity index (χ2n) is 6.50. The molecule has 2 N–H and O–H groups in total. The van der Waals surface area contributed by atoms with Crippen molar-refractivity contribution < 1.29 is 13.2 Å². The summed E-state index contributed by atoms with van der Waals surface area (Å²) in [6.07, 6.45) is -2.08. The molecular weight excluding hydrogens is 349 g/mol. The van der Waals surface area contributed by atoms with Crippen molar-refractivity contribution in [2.75, 3.05) is 6.54 Å². The van der Waals surface area contributed by atoms with Crippen molar-refractivity contribution >= 4 is 11.6 Å². The van der Waals surface area contributed by atoms with E-state index in [9.17, 15) is 13.2 Å². The highest BCUT2D eigenvalue weighted by atomic mass is 35.5. The van der Waals surface area contributed by atoms with Gasteiger partial charge in [-0.15, -0.1) is 0 Å². The highest BCUT2D eigenvalue weighted by Crippen LogP contribution is 2.38. The summed E-state index contributed by atoms with van der Waals surface area (Å²) in [5.74, 6) is 6.33. The van der Waals surface area contributed by atoms with E-state index in [-0.39, 0.29) is 12.0 Å². The Bertz CT molecular complexity index is 718. The quantitative estimate of drug-likeness (QED) is 0.752. The largest absolute Gasteiger partial charge is 0.416 e. The molecule has 3 rings (SSSR count). The lowest BCUT2D eigenvalue weighted by molar-refractivity contribution is -0.137. The topological polar surface area (TPSA) is 29.3 Å². The Kier molecular flexibility index (Phi) is 5.37. The van der Waals surface area contributed by atoms with Crippen molar-refractivity contribution in [1.29, 1.82) is 0 Å². The summed E-state index contributed by atoms with van der Waals surface area (Å²) in [4.78, 5) is 0. The molecule has 0 aromatic heterocycles. The molecule has 2 aromatic carbocycles. The van der Waals surface area contributed by atoms with Crippen LogP contribution in [-0.4, -0.2) is 11.6 Å². The average Bonchev–Trinajstić information content (AvgIpc) is 2.57. The fourth-order valence-electron chi connectivity index (χ4n) is 3.62. The molecule has 0 spiro atoms. The van der Waals surface area contributed by atoms with E-state index in [1.165, 1.54) is 12.1 Å². The number of alkyl halides is 3. The van der Waals surface area contributed by atoms with Gasteiger partial charge in [-0.25, -0.2) is 5.01 Å². The van der Waals surface area contributed by atoms with Crippen LogP contribution in [0.15, 0.2) is 48.5 Å². The van der Waals surface area contributed by atoms with Gasteiger partial charge in [-0.05, 0) is 54.5 Å². The zero-order valence-corrected chi connectivity index (χ0v) is 14.4. The molecule has 1 saturated heterocycles. The van der Waals surface area contributed by atoms with E-state index in [1.807, 2.05) is 30.3 Å². The van der Waals surface area contributed by atoms with Crippen molar-refractivity contribution in [3.05, 3.63) is 70.2 Å². The van der Waals surface area contributed by atoms with Crippen molar-refractivity contribution in [3.63, 3.8) is 0 Å². The minimum absolute atomic E-state index is 0.0273. The lowest BCUT2D eigenvalue weighted by Crippen LogP contribution is -2.44. The maximum Gasteiger partial charge on any atom is 0.416 e. The number of nitrogens with zero attached hydrogens (tertiary/aromatic N) is 1. The van der Waals surface area contributed by atoms with Gasteiger partial charge in [0.15, 0.2) is 0 Å². The molecule has 0 unspecified atom stereocenters. The van der Waals surface area contributed by atoms with E-state index in [1.54, 1.807) is 5.01 Å². The van der Waals surface area contributed by atoms with Gasteiger partial charge in [0.1, 0.15) is 0 Å². The second kappa shape index (κ2) is 7.36. The summed E-state index contributed by atoms with van der Waals surface area (Å²) in [6.45, 7) is 0.770. The summed E-state index contributed by atoms with van der Waals surface area (Å²) >= 11 is 6.18. The Labute approximate surface area is 150 Å². The monoisotopic (exact) mass is 368 g/mol. The molecule has 134 valence electrons. The maximum atomic E-state index is 13.0. The summed E-state index contributed by atoms with van der Waals surface area (Å²) in [5, 5.41) is 2.17. The second-order valence-corrected chi connectivity index (χ2v) is 6.91. The Hall–Kier alpha value is -1.56. The van der Waals surface area contributed by atoms with E-state index in [4.69, 9.17) is 17.4 Å². The molecule has 2 atom stereocenters. The molecule has 0 amide bonds. The van der Waals surface area contributed by atoms with Crippen LogP contribution in [0.1, 0.15) is 35.6 Å². The molecule has 1 aliphatic heterocycles. The normalized spacial score (nSPS) is 22.1. The van der Waals surface area contributed by atoms with Gasteiger partial charge in [0, 0.05) is 11.6 Å². The lowest BCUT2D eigenvalue weighted by atomic mass is 9.81. The fourth-order valence-corrected chi connectivity index (χ4v) is 3.82. The molecular formula is C19H20ClF3N2. The number of nitrogens with two attached hydrogens (primary N) is 1. The van der Waals surface area contributed by atoms with Crippen LogP contribution in [0.4, 0.5) is 13.2 Å². The van der Waals surface area contributed by atoms with Crippen LogP contribution >= 0.6 is 11.6 Å². The molecule has 1 aliphatic rings. The van der Waals surface area contributed by atoms with Crippen LogP contribution < -0.4 is 5.84 Å². The Morgan fingerprint density at radius 3 is 2.52 bits per heavy atom. The van der Waals surface area contributed by atoms with Crippen molar-refractivity contribution in [2.45, 2.75) is 31.5 Å². The Morgan fingerprint density at radius 1 is 1.12 bits per heavy atom. The average molecular weight is 369 g/mol. The van der Waals surface area contributed by atoms with E-state index in [2.05, 4.69) is 0 Å². The fraction of sp³-hybridized carbons (Fsp3) is 0.368. The number of benzene rings is 2. The van der Waals surface area contributed by atoms with Gasteiger partial charge in [-0.2, -0.15) is 13.2 Å². The van der Waals surface area contributed by atoms with Crippen LogP contribution in [-0.2, 0) is 12.6 Å². The molecule has 0 aliphatic carbocycles. The Morgan fingerprint density at radius 2 is 1.84 bits per heavy atom. The van der Waals surface area contributed by atoms with Gasteiger partial charge in [0.25, 0.3) is 0 Å². The third-order valence-electron chi connectivity index (χ3n) is 4.79. The van der Waals surface area contributed by atoms with Crippen LogP contribution in [0, 0.1) is 5.92 Å². The van der Waals surface area contributed by atoms with Crippen molar-refractivity contribution in [3.8, 4) is 0 Å². The zero-order chi connectivity index (χ0) is 18.0. The van der Waals surface area contributed by atoms with E-state index >= 15 is 0 Å². The molecule has 25 heavy (non-hydrogen) atoms. The predicted molar refractivity (Wildman–Crippen MR) is 93.0 cm³/mol. The minimum atomic E-state index is -4.37. The molecule has 0 bridgehead atoms. The van der Waals surface area contributed by atoms with Crippen molar-refractivity contribution in [1.82, 2.24) is 5.01 Å². The van der Waals surface area contributed by atoms with Gasteiger partial charge in [-0.3, -0.25) is 5.84 Å². The van der Waals surface area contributed by atoms with Gasteiger partial charge in [0.2, 0.25) is 0 Å². The summed E-state index contributed by atoms with van der Waals surface area (Å²) in [5.41, 5.74) is 0.944. The number of rotatable bonds is 3. The first-order chi connectivity index (χ1) is 11.9. The number of hydrazine groups is 1. The first-order valence-electron chi connectivity index (χ1n) is 8.28. The minimum Gasteiger partial charge on any atom is -0.268 e. The van der Waals surface area contributed by atoms with Crippen LogP contribution in [0.5, 0.6) is 0 Å². The SMILES string of the molecule is NN1CCC[C@@H](Cc2cc(C(F)(F)F)ccc2Cl)[C@H]1c1ccccc1. The van der Waals surface area contributed by atoms with E-state index in [0.29, 0.717) is 17.0 Å². The highest BCUT2D eigenvalue weighted by Gasteiger charge is 2.34. The standard InChI is InChI=1S/C19H20ClF3N2/c20-17-9-8-16(19(21,22)23)12-15(17)11-14-7-4-10-25(24)18(14)13-5-2-1-3-6-13/h1-3,5-6,8-9,12,14,18H,4,7,10-11,24H2/t14-,18+/m0/s1. The number of hydrogen-bond acceptors (Lipinski definition) is 2. The number of halogens is 4. The molecule has 2 aromatic rings. The molecule has 0 radical (unpaired) electrons. The summed E-state index contributed by atoms with van der Waals surface area (Å²) < 4.78 is 39.0. The third-order valence-corrected chi connectivity index (χ3v) is 5.16. The third kappa shape index (κ3) is 4.17. The van der Waals surface area contributed by atoms with Gasteiger partial charge >= 0.3 is 6.18 Å². The van der Waals surface area contributed by atoms with E-state index < -0.39 is 11.7 Å². The van der Waals surface area contributed by atoms with Crippen molar-refractivity contribution in [2.24, 2.45) is 11.8 Å². The van der Waals surface area contributed by atoms with Crippen LogP contribution in [0.2, 0.25) is 5.02 Å². The van der Waals surface area contributed by atoms with Gasteiger partial charge in [0.05, 0.1) is 11.6 Å². The van der Waals surface area contributed by atoms with Crippen LogP contribution in [0.25, 0.3) is 0 Å². The zero-order valence-electron chi connectivity index (χ0n) is 13.6. The number of piperidine rings is 1. The van der Waals surface area contributed by atoms with Gasteiger partial charge < -0.3 is 0 Å². The van der Waals surface area contributed by atoms with E-state index in [0.717, 1.165) is 31.0 Å². The highest BCUT2D eigenvalue weighted by molar-refractivity contribution is 6.31. The number of hydrogen-bond donors (Lipinski definition) is 1. The lowest BCUT2D eigenvalue weighted by Gasteiger charge is -2.39. The molecule has 0 saturated carbocycles. The van der Waals surface area contributed by atoms with Crippen LogP contribution in [0.3, 0.4) is 0 Å². The first kappa shape index (κ1) is 18.2. The molecule has 1 fully saturated rings. The molecule has 2 nitrogen and oxygen atoms in total. The first-order valence-corrected chi connectivity index (χ1v) is 8.66. The predicted octanol–water partition coefficient (Wildman–Crippen LogP) is 5.23. The molecule has 6 heteroatoms. The Balaban J connectivity index is 1.90. The summed E-state index contributed by atoms with van der Waals surface area (Å²) in [7, 11) is 0. The smallest absolute Gasteiger partial charge is 0.268 e. The maximum absolute atomic E-state index is 13.0. The summed E-state index contributed by atoms with van der Waals surface area (Å²) in [6, 6.07) is 13.4.